The third-order valence-corrected chi connectivity index (χ3v) is 22.6. The summed E-state index contributed by atoms with van der Waals surface area (Å²) in [6.45, 7) is 17.4. The number of amidine groups is 2. The number of amides is 5. The first-order valence-corrected chi connectivity index (χ1v) is 35.0. The van der Waals surface area contributed by atoms with Gasteiger partial charge in [-0.3, -0.25) is 24.0 Å². The minimum absolute atomic E-state index is 0.00107. The number of carbonyl (C=O) groups excluding carboxylic acids is 5. The molecule has 0 spiro atoms. The van der Waals surface area contributed by atoms with Gasteiger partial charge in [-0.1, -0.05) is 123 Å². The lowest BCUT2D eigenvalue weighted by atomic mass is 9.81. The molecule has 19 nitrogen and oxygen atoms in total. The molecule has 10 aliphatic rings. The maximum absolute atomic E-state index is 14.6. The fourth-order valence-corrected chi connectivity index (χ4v) is 18.4. The number of fused-ring (bicyclic) bond motifs is 4. The molecular weight excluding hydrogens is 1300 g/mol. The number of nitrogens with zero attached hydrogens (tertiary/aromatic N) is 9. The molecule has 10 heterocycles. The molecule has 0 aromatic heterocycles. The van der Waals surface area contributed by atoms with Crippen molar-refractivity contribution in [2.24, 2.45) is 21.8 Å². The van der Waals surface area contributed by atoms with Crippen molar-refractivity contribution in [3.05, 3.63) is 161 Å². The number of thioether (sulfide) groups is 2. The van der Waals surface area contributed by atoms with Gasteiger partial charge < -0.3 is 55.4 Å². The highest BCUT2D eigenvalue weighted by atomic mass is 35.5. The van der Waals surface area contributed by atoms with Gasteiger partial charge in [0.1, 0.15) is 39.5 Å². The molecule has 5 amide bonds. The van der Waals surface area contributed by atoms with Crippen LogP contribution < -0.4 is 16.0 Å². The van der Waals surface area contributed by atoms with Crippen molar-refractivity contribution >= 4 is 116 Å². The van der Waals surface area contributed by atoms with Crippen LogP contribution in [0.1, 0.15) is 102 Å². The first kappa shape index (κ1) is 66.9. The number of hydrogen-bond acceptors (Lipinski definition) is 15. The molecule has 0 saturated carbocycles. The van der Waals surface area contributed by atoms with Crippen LogP contribution >= 0.6 is 69.9 Å². The Hall–Kier alpha value is -6.14. The molecule has 6 saturated heterocycles. The summed E-state index contributed by atoms with van der Waals surface area (Å²) in [7, 11) is 4.08. The molecule has 93 heavy (non-hydrogen) atoms. The van der Waals surface area contributed by atoms with Crippen molar-refractivity contribution in [3.8, 4) is 0 Å². The second-order valence-corrected chi connectivity index (χ2v) is 30.4. The second-order valence-electron chi connectivity index (χ2n) is 26.7. The van der Waals surface area contributed by atoms with Gasteiger partial charge in [-0.05, 0) is 160 Å². The number of nitrogens with one attached hydrogen (secondary N) is 3. The Morgan fingerprint density at radius 1 is 0.559 bits per heavy atom. The number of carboxylic acids is 1. The van der Waals surface area contributed by atoms with Gasteiger partial charge in [-0.25, -0.2) is 14.8 Å². The predicted molar refractivity (Wildman–Crippen MR) is 367 cm³/mol. The molecule has 0 radical (unpaired) electrons. The molecule has 10 atom stereocenters. The van der Waals surface area contributed by atoms with Crippen molar-refractivity contribution in [1.82, 2.24) is 50.2 Å². The number of hydrogen-bond donors (Lipinski definition) is 4. The number of likely N-dealkylation sites (tertiary alicyclic amines) is 4. The first-order chi connectivity index (χ1) is 44.3. The number of piperazine rings is 2. The van der Waals surface area contributed by atoms with Gasteiger partial charge >= 0.3 is 5.97 Å². The van der Waals surface area contributed by atoms with Crippen molar-refractivity contribution in [1.29, 1.82) is 0 Å². The Bertz CT molecular complexity index is 3750. The van der Waals surface area contributed by atoms with Crippen molar-refractivity contribution in [2.45, 2.75) is 127 Å². The minimum Gasteiger partial charge on any atom is -0.480 e. The summed E-state index contributed by atoms with van der Waals surface area (Å²) < 4.78 is 0. The van der Waals surface area contributed by atoms with Crippen LogP contribution in [0.3, 0.4) is 0 Å². The maximum atomic E-state index is 14.6. The lowest BCUT2D eigenvalue weighted by Crippen LogP contribution is -2.64. The van der Waals surface area contributed by atoms with E-state index in [0.717, 1.165) is 63.5 Å². The predicted octanol–water partition coefficient (Wildman–Crippen LogP) is 9.57. The van der Waals surface area contributed by atoms with Crippen LogP contribution in [0.4, 0.5) is 0 Å². The van der Waals surface area contributed by atoms with E-state index in [9.17, 15) is 33.9 Å². The molecule has 0 unspecified atom stereocenters. The number of halogens is 4. The first-order valence-electron chi connectivity index (χ1n) is 31.8. The molecule has 0 bridgehead atoms. The average molecular weight is 1380 g/mol. The van der Waals surface area contributed by atoms with E-state index in [1.807, 2.05) is 104 Å². The zero-order valence-electron chi connectivity index (χ0n) is 53.2. The summed E-state index contributed by atoms with van der Waals surface area (Å²) in [4.78, 5) is 103. The molecule has 25 heteroatoms. The quantitative estimate of drug-likeness (QED) is 0.117. The van der Waals surface area contributed by atoms with Crippen molar-refractivity contribution < 1.29 is 33.9 Å². The van der Waals surface area contributed by atoms with Crippen molar-refractivity contribution in [2.75, 3.05) is 66.5 Å². The second kappa shape index (κ2) is 26.8. The summed E-state index contributed by atoms with van der Waals surface area (Å²) in [6, 6.07) is 29.9. The van der Waals surface area contributed by atoms with Gasteiger partial charge in [-0.15, -0.1) is 0 Å². The highest BCUT2D eigenvalue weighted by Gasteiger charge is 2.57. The van der Waals surface area contributed by atoms with E-state index >= 15 is 0 Å². The number of carbonyl (C=O) groups is 6. The van der Waals surface area contributed by atoms with Gasteiger partial charge in [0.05, 0.1) is 36.8 Å². The minimum atomic E-state index is -0.956. The third kappa shape index (κ3) is 12.8. The number of likely N-dealkylation sites (N-methyl/N-ethyl adjacent to an activating group) is 2. The van der Waals surface area contributed by atoms with E-state index in [1.165, 1.54) is 28.4 Å². The van der Waals surface area contributed by atoms with Gasteiger partial charge in [-0.2, -0.15) is 0 Å². The fraction of sp³-hybridized carbons (Fsp3) is 0.471. The number of aliphatic carboxylic acids is 1. The van der Waals surface area contributed by atoms with E-state index in [1.54, 1.807) is 9.80 Å². The van der Waals surface area contributed by atoms with Gasteiger partial charge in [0.2, 0.25) is 17.7 Å². The summed E-state index contributed by atoms with van der Waals surface area (Å²) in [5.41, 5.74) is 4.54. The molecule has 4 N–H and O–H groups in total. The van der Waals surface area contributed by atoms with E-state index in [0.29, 0.717) is 94.0 Å². The van der Waals surface area contributed by atoms with Crippen LogP contribution in [0.15, 0.2) is 128 Å². The lowest BCUT2D eigenvalue weighted by molar-refractivity contribution is -0.148. The molecule has 6 fully saturated rings. The van der Waals surface area contributed by atoms with Crippen LogP contribution in [-0.2, 0) is 39.8 Å². The van der Waals surface area contributed by atoms with Crippen LogP contribution in [0, 0.1) is 11.8 Å². The Morgan fingerprint density at radius 3 is 1.43 bits per heavy atom. The average Bonchev–Trinajstić information content (AvgIpc) is 1.57. The standard InChI is InChI=1S/C34H38Cl2N6O3S.C27H27Cl2N3O3S.C7H13N3O/c1-19(2)28-29(32(45)40-15-5-6-25(40)31(44)41-18-27(43)37-24-16-39(4)17-26(24)41)46-33-38-34(3,21-9-13-23(36)14-10-21)30(42(28)33)20-7-11-22(35)12-8-20;1-15(2)21-22(24(33)31-14-4-5-20(31)25(34)35)36-26-30-27(3,17-8-12-19(29)13-9-17)23(32(21)26)16-6-10-18(28)11-7-16;1-10-3-5-6(4-10)9-7(11)2-8-5/h7-14,19,24-26,30H,5-6,15-18H2,1-4H3,(H,37,43);6-13,15,20,23H,4-5,14H2,1-3H3,(H,34,35);5-6,8H,2-4H2,1H3,(H,9,11)/t24-,25-,26-,30+,34-;20-,23+,27-;5-,6-/m000/s1. The summed E-state index contributed by atoms with van der Waals surface area (Å²) in [6.07, 6.45) is 2.47. The number of benzene rings is 4. The number of rotatable bonds is 10. The maximum Gasteiger partial charge on any atom is 0.326 e. The summed E-state index contributed by atoms with van der Waals surface area (Å²) >= 11 is 27.7. The molecule has 4 aromatic rings. The van der Waals surface area contributed by atoms with E-state index in [2.05, 4.69) is 84.1 Å². The van der Waals surface area contributed by atoms with E-state index in [-0.39, 0.29) is 72.1 Å². The van der Waals surface area contributed by atoms with E-state index < -0.39 is 29.1 Å². The molecule has 10 aliphatic heterocycles. The van der Waals surface area contributed by atoms with Gasteiger partial charge in [0.25, 0.3) is 11.8 Å². The van der Waals surface area contributed by atoms with E-state index in [4.69, 9.17) is 56.4 Å². The summed E-state index contributed by atoms with van der Waals surface area (Å²) in [5.74, 6) is -1.47. The van der Waals surface area contributed by atoms with Crippen molar-refractivity contribution in [3.63, 3.8) is 0 Å². The molecule has 14 rings (SSSR count). The summed E-state index contributed by atoms with van der Waals surface area (Å²) in [5, 5.41) is 23.0. The SMILES string of the molecule is CC(C)C1=C(C(=O)N2CCC[C@H]2C(=O)N2CC(=O)N[C@H]3CN(C)C[C@@H]32)SC2=N[C@@](C)(c3ccc(Cl)cc3)[C@@H](c3ccc(Cl)cc3)N21.CC(C)C1=C(C(=O)N2CCC[C@H]2C(=O)O)SC2=N[C@@](C)(c3ccc(Cl)cc3)[C@@H](c3ccc(Cl)cc3)N21.CN1C[C@@H]2NCC(=O)N[C@H]2C1. The highest BCUT2D eigenvalue weighted by Crippen LogP contribution is 2.58. The van der Waals surface area contributed by atoms with Crippen LogP contribution in [-0.4, -0.2) is 188 Å². The normalized spacial score (nSPS) is 29.0. The highest BCUT2D eigenvalue weighted by molar-refractivity contribution is 8.18. The van der Waals surface area contributed by atoms with Gasteiger partial charge in [0.15, 0.2) is 10.3 Å². The molecule has 492 valence electrons. The number of carboxylic acid groups (broad SMARTS) is 1. The zero-order valence-corrected chi connectivity index (χ0v) is 57.9. The zero-order chi connectivity index (χ0) is 66.1. The lowest BCUT2D eigenvalue weighted by Gasteiger charge is -2.39. The third-order valence-electron chi connectivity index (χ3n) is 19.5. The molecular formula is C68H78Cl4N12O7S2. The molecule has 4 aromatic carbocycles. The smallest absolute Gasteiger partial charge is 0.326 e. The van der Waals surface area contributed by atoms with Crippen LogP contribution in [0.25, 0.3) is 0 Å². The van der Waals surface area contributed by atoms with Crippen LogP contribution in [0.2, 0.25) is 20.1 Å². The Kier molecular flexibility index (Phi) is 19.3. The molecule has 0 aliphatic carbocycles. The fourth-order valence-electron chi connectivity index (χ4n) is 15.2. The Morgan fingerprint density at radius 2 is 0.968 bits per heavy atom. The Balaban J connectivity index is 0.000000156. The monoisotopic (exact) mass is 1380 g/mol. The largest absolute Gasteiger partial charge is 0.480 e. The number of aliphatic imine (C=N–C) groups is 2. The Labute approximate surface area is 571 Å². The topological polar surface area (TPSA) is 206 Å². The van der Waals surface area contributed by atoms with Crippen LogP contribution in [0.5, 0.6) is 0 Å². The van der Waals surface area contributed by atoms with Gasteiger partial charge in [0, 0.05) is 76.8 Å². The number of allylic oxidation sites excluding steroid dienone is 2.